The van der Waals surface area contributed by atoms with Gasteiger partial charge in [-0.15, -0.1) is 0 Å². The van der Waals surface area contributed by atoms with Gasteiger partial charge in [0.2, 0.25) is 11.9 Å². The lowest BCUT2D eigenvalue weighted by Gasteiger charge is -2.14. The van der Waals surface area contributed by atoms with Crippen LogP contribution in [0.25, 0.3) is 16.7 Å². The number of nitrogens with zero attached hydrogens (tertiary/aromatic N) is 6. The zero-order valence-electron chi connectivity index (χ0n) is 21.1. The van der Waals surface area contributed by atoms with E-state index in [9.17, 15) is 18.0 Å². The van der Waals surface area contributed by atoms with Crippen LogP contribution in [0.15, 0.2) is 87.9 Å². The molecule has 0 saturated heterocycles. The standard InChI is InChI=1S/C26H22N8O4S2/c1-16-11-12-27-25(29-16)32-40(37,38)20-9-7-17(8-10-20)30-22(35)13-19-15-39-26-31-23-21(24(36)33(19)26)14-28-34(23)18-5-3-2-4-6-18/h2-12,14,19H,13,15H2,1H3,(H,30,35)(H,27,29,32). The Labute approximate surface area is 232 Å². The monoisotopic (exact) mass is 574 g/mol. The van der Waals surface area contributed by atoms with Gasteiger partial charge in [0.05, 0.1) is 22.8 Å². The Balaban J connectivity index is 1.16. The van der Waals surface area contributed by atoms with Crippen LogP contribution in [-0.4, -0.2) is 49.4 Å². The quantitative estimate of drug-likeness (QED) is 0.279. The smallest absolute Gasteiger partial charge is 0.265 e. The minimum atomic E-state index is -3.91. The summed E-state index contributed by atoms with van der Waals surface area (Å²) in [5.41, 5.74) is 2.07. The van der Waals surface area contributed by atoms with Crippen molar-refractivity contribution in [3.63, 3.8) is 0 Å². The molecule has 0 bridgehead atoms. The molecule has 0 spiro atoms. The molecule has 2 aromatic carbocycles. The molecule has 1 atom stereocenters. The van der Waals surface area contributed by atoms with Crippen LogP contribution in [0.4, 0.5) is 11.6 Å². The van der Waals surface area contributed by atoms with E-state index in [4.69, 9.17) is 0 Å². The number of carbonyl (C=O) groups is 1. The lowest BCUT2D eigenvalue weighted by atomic mass is 10.2. The van der Waals surface area contributed by atoms with Crippen LogP contribution < -0.4 is 15.6 Å². The number of anilines is 2. The van der Waals surface area contributed by atoms with Crippen LogP contribution in [0.2, 0.25) is 0 Å². The fourth-order valence-electron chi connectivity index (χ4n) is 4.36. The lowest BCUT2D eigenvalue weighted by Crippen LogP contribution is -2.27. The highest BCUT2D eigenvalue weighted by atomic mass is 32.2. The van der Waals surface area contributed by atoms with E-state index in [1.54, 1.807) is 22.2 Å². The van der Waals surface area contributed by atoms with Gasteiger partial charge >= 0.3 is 0 Å². The Kier molecular flexibility index (Phi) is 6.56. The number of benzene rings is 2. The van der Waals surface area contributed by atoms with Crippen LogP contribution >= 0.6 is 11.8 Å². The first-order valence-corrected chi connectivity index (χ1v) is 14.7. The molecule has 0 saturated carbocycles. The van der Waals surface area contributed by atoms with E-state index >= 15 is 0 Å². The van der Waals surface area contributed by atoms with Crippen LogP contribution in [0.3, 0.4) is 0 Å². The van der Waals surface area contributed by atoms with Crippen molar-refractivity contribution in [1.82, 2.24) is 29.3 Å². The fourth-order valence-corrected chi connectivity index (χ4v) is 6.44. The number of aromatic nitrogens is 6. The third-order valence-corrected chi connectivity index (χ3v) is 8.70. The van der Waals surface area contributed by atoms with Crippen molar-refractivity contribution in [3.05, 3.63) is 89.1 Å². The third kappa shape index (κ3) is 4.94. The first-order chi connectivity index (χ1) is 19.3. The van der Waals surface area contributed by atoms with Crippen molar-refractivity contribution in [2.45, 2.75) is 29.4 Å². The molecule has 1 aliphatic rings. The Hall–Kier alpha value is -4.56. The third-order valence-electron chi connectivity index (χ3n) is 6.26. The van der Waals surface area contributed by atoms with Crippen LogP contribution in [0.5, 0.6) is 0 Å². The first-order valence-electron chi connectivity index (χ1n) is 12.2. The summed E-state index contributed by atoms with van der Waals surface area (Å²) in [6.07, 6.45) is 3.01. The molecule has 4 heterocycles. The molecule has 5 aromatic rings. The van der Waals surface area contributed by atoms with E-state index in [1.165, 1.54) is 48.4 Å². The molecular formula is C26H22N8O4S2. The van der Waals surface area contributed by atoms with Gasteiger partial charge in [0.25, 0.3) is 15.6 Å². The maximum absolute atomic E-state index is 13.3. The van der Waals surface area contributed by atoms with Gasteiger partial charge < -0.3 is 5.32 Å². The minimum Gasteiger partial charge on any atom is -0.326 e. The number of thioether (sulfide) groups is 1. The molecule has 1 unspecified atom stereocenters. The van der Waals surface area contributed by atoms with E-state index in [-0.39, 0.29) is 34.8 Å². The normalized spacial score (nSPS) is 14.7. The Bertz CT molecular complexity index is 1910. The van der Waals surface area contributed by atoms with Gasteiger partial charge in [-0.2, -0.15) is 5.10 Å². The number of fused-ring (bicyclic) bond motifs is 2. The number of para-hydroxylation sites is 1. The molecule has 6 rings (SSSR count). The fraction of sp³-hybridized carbons (Fsp3) is 0.154. The second-order valence-corrected chi connectivity index (χ2v) is 11.7. The van der Waals surface area contributed by atoms with E-state index in [0.29, 0.717) is 33.3 Å². The first kappa shape index (κ1) is 25.7. The summed E-state index contributed by atoms with van der Waals surface area (Å²) in [7, 11) is -3.91. The average Bonchev–Trinajstić information content (AvgIpc) is 3.54. The summed E-state index contributed by atoms with van der Waals surface area (Å²) in [5.74, 6) is 0.180. The second-order valence-electron chi connectivity index (χ2n) is 9.07. The summed E-state index contributed by atoms with van der Waals surface area (Å²) >= 11 is 1.41. The molecule has 2 N–H and O–H groups in total. The van der Waals surface area contributed by atoms with Crippen LogP contribution in [0, 0.1) is 6.92 Å². The highest BCUT2D eigenvalue weighted by Crippen LogP contribution is 2.33. The Morgan fingerprint density at radius 1 is 1.07 bits per heavy atom. The maximum Gasteiger partial charge on any atom is 0.265 e. The largest absolute Gasteiger partial charge is 0.326 e. The SMILES string of the molecule is Cc1ccnc(NS(=O)(=O)c2ccc(NC(=O)CC3CSc4nc5c(cnn5-c5ccccc5)c(=O)n43)cc2)n1. The van der Waals surface area contributed by atoms with E-state index in [1.807, 2.05) is 30.3 Å². The zero-order chi connectivity index (χ0) is 27.9. The molecule has 14 heteroatoms. The van der Waals surface area contributed by atoms with E-state index in [2.05, 4.69) is 30.1 Å². The predicted octanol–water partition coefficient (Wildman–Crippen LogP) is 3.16. The summed E-state index contributed by atoms with van der Waals surface area (Å²) in [5, 5.41) is 8.05. The van der Waals surface area contributed by atoms with Gasteiger partial charge in [-0.3, -0.25) is 14.2 Å². The van der Waals surface area contributed by atoms with E-state index in [0.717, 1.165) is 5.69 Å². The highest BCUT2D eigenvalue weighted by Gasteiger charge is 2.29. The summed E-state index contributed by atoms with van der Waals surface area (Å²) in [6.45, 7) is 1.73. The molecule has 202 valence electrons. The number of amides is 1. The summed E-state index contributed by atoms with van der Waals surface area (Å²) in [6, 6.07) is 16.5. The molecular weight excluding hydrogens is 552 g/mol. The van der Waals surface area contributed by atoms with Crippen molar-refractivity contribution in [3.8, 4) is 5.69 Å². The summed E-state index contributed by atoms with van der Waals surface area (Å²) in [4.78, 5) is 38.9. The number of rotatable bonds is 7. The maximum atomic E-state index is 13.3. The van der Waals surface area contributed by atoms with E-state index < -0.39 is 10.0 Å². The number of carbonyl (C=O) groups excluding carboxylic acids is 1. The number of hydrogen-bond acceptors (Lipinski definition) is 9. The van der Waals surface area contributed by atoms with Crippen LogP contribution in [0.1, 0.15) is 18.2 Å². The zero-order valence-corrected chi connectivity index (χ0v) is 22.7. The van der Waals surface area contributed by atoms with Gasteiger partial charge in [-0.05, 0) is 49.4 Å². The molecule has 0 aliphatic carbocycles. The molecule has 40 heavy (non-hydrogen) atoms. The number of aryl methyl sites for hydroxylation is 1. The second kappa shape index (κ2) is 10.2. The molecule has 0 fully saturated rings. The van der Waals surface area contributed by atoms with Gasteiger partial charge in [0, 0.05) is 29.8 Å². The molecule has 1 aliphatic heterocycles. The van der Waals surface area contributed by atoms with Gasteiger partial charge in [0.15, 0.2) is 10.8 Å². The Morgan fingerprint density at radius 2 is 1.85 bits per heavy atom. The number of sulfonamides is 1. The van der Waals surface area contributed by atoms with Crippen molar-refractivity contribution in [2.75, 3.05) is 15.8 Å². The van der Waals surface area contributed by atoms with Crippen LogP contribution in [-0.2, 0) is 14.8 Å². The van der Waals surface area contributed by atoms with Crippen molar-refractivity contribution < 1.29 is 13.2 Å². The number of hydrogen-bond donors (Lipinski definition) is 2. The highest BCUT2D eigenvalue weighted by molar-refractivity contribution is 7.99. The molecule has 0 radical (unpaired) electrons. The molecule has 1 amide bonds. The van der Waals surface area contributed by atoms with Gasteiger partial charge in [-0.25, -0.2) is 32.8 Å². The Morgan fingerprint density at radius 3 is 2.60 bits per heavy atom. The average molecular weight is 575 g/mol. The van der Waals surface area contributed by atoms with Crippen molar-refractivity contribution in [1.29, 1.82) is 0 Å². The topological polar surface area (TPSA) is 154 Å². The lowest BCUT2D eigenvalue weighted by molar-refractivity contribution is -0.116. The van der Waals surface area contributed by atoms with Crippen molar-refractivity contribution >= 4 is 50.4 Å². The predicted molar refractivity (Wildman–Crippen MR) is 150 cm³/mol. The van der Waals surface area contributed by atoms with Gasteiger partial charge in [-0.1, -0.05) is 30.0 Å². The van der Waals surface area contributed by atoms with Gasteiger partial charge in [0.1, 0.15) is 5.39 Å². The number of nitrogens with one attached hydrogen (secondary N) is 2. The minimum absolute atomic E-state index is 0.00517. The molecule has 12 nitrogen and oxygen atoms in total. The van der Waals surface area contributed by atoms with Crippen molar-refractivity contribution in [2.24, 2.45) is 0 Å². The molecule has 3 aromatic heterocycles. The summed E-state index contributed by atoms with van der Waals surface area (Å²) < 4.78 is 30.9.